The van der Waals surface area contributed by atoms with Gasteiger partial charge in [0.05, 0.1) is 7.11 Å². The third-order valence-electron chi connectivity index (χ3n) is 4.36. The number of benzene rings is 2. The van der Waals surface area contributed by atoms with Crippen LogP contribution in [0.15, 0.2) is 54.6 Å². The van der Waals surface area contributed by atoms with Crippen molar-refractivity contribution in [2.45, 2.75) is 31.5 Å². The van der Waals surface area contributed by atoms with Crippen LogP contribution in [0.25, 0.3) is 0 Å². The number of nitrogens with one attached hydrogen (secondary N) is 2. The summed E-state index contributed by atoms with van der Waals surface area (Å²) in [6, 6.07) is 19.8. The van der Waals surface area contributed by atoms with Gasteiger partial charge in [0.2, 0.25) is 0 Å². The van der Waals surface area contributed by atoms with E-state index in [1.807, 2.05) is 24.6 Å². The number of rotatable bonds is 5. The van der Waals surface area contributed by atoms with Gasteiger partial charge in [-0.1, -0.05) is 48.5 Å². The Bertz CT molecular complexity index is 612. The quantitative estimate of drug-likeness (QED) is 0.784. The normalized spacial score (nSPS) is 18.9. The predicted octanol–water partition coefficient (Wildman–Crippen LogP) is 3.88. The Morgan fingerprint density at radius 1 is 1.08 bits per heavy atom. The molecule has 1 heterocycles. The van der Waals surface area contributed by atoms with Crippen molar-refractivity contribution >= 4 is 20.2 Å². The largest absolute Gasteiger partial charge is 0.496 e. The maximum Gasteiger partial charge on any atom is 0.123 e. The zero-order valence-corrected chi connectivity index (χ0v) is 16.9. The lowest BCUT2D eigenvalue weighted by Gasteiger charge is -2.34. The van der Waals surface area contributed by atoms with Gasteiger partial charge in [-0.2, -0.15) is 11.8 Å². The monoisotopic (exact) mass is 369 g/mol. The topological polar surface area (TPSA) is 33.3 Å². The first-order valence-electron chi connectivity index (χ1n) is 8.84. The van der Waals surface area contributed by atoms with Gasteiger partial charge >= 0.3 is 0 Å². The molecule has 2 N–H and O–H groups in total. The predicted molar refractivity (Wildman–Crippen MR) is 115 cm³/mol. The van der Waals surface area contributed by atoms with E-state index in [9.17, 15) is 0 Å². The van der Waals surface area contributed by atoms with Crippen LogP contribution in [0.3, 0.4) is 0 Å². The summed E-state index contributed by atoms with van der Waals surface area (Å²) in [5, 5.41) is 7.38. The molecule has 3 nitrogen and oxygen atoms in total. The van der Waals surface area contributed by atoms with E-state index in [4.69, 9.17) is 4.74 Å². The minimum atomic E-state index is 0. The van der Waals surface area contributed by atoms with E-state index in [1.54, 1.807) is 18.9 Å². The molecule has 26 heavy (non-hydrogen) atoms. The summed E-state index contributed by atoms with van der Waals surface area (Å²) in [4.78, 5) is 0. The second kappa shape index (κ2) is 12.9. The van der Waals surface area contributed by atoms with E-state index >= 15 is 0 Å². The van der Waals surface area contributed by atoms with Gasteiger partial charge < -0.3 is 15.4 Å². The highest BCUT2D eigenvalue weighted by Gasteiger charge is 2.25. The molecule has 1 fully saturated rings. The minimum Gasteiger partial charge on any atom is -0.496 e. The van der Waals surface area contributed by atoms with Crippen molar-refractivity contribution in [3.8, 4) is 5.75 Å². The molecular weight excluding hydrogens is 339 g/mol. The average Bonchev–Trinajstić information content (AvgIpc) is 2.68. The van der Waals surface area contributed by atoms with Gasteiger partial charge in [0, 0.05) is 32.6 Å². The molecule has 0 saturated carbocycles. The Morgan fingerprint density at radius 2 is 1.73 bits per heavy atom. The molecule has 0 unspecified atom stereocenters. The molecular formula is C21H30BN2OS. The van der Waals surface area contributed by atoms with Crippen molar-refractivity contribution in [3.05, 3.63) is 65.7 Å². The number of hydrogen-bond donors (Lipinski definition) is 2. The number of hydrogen-bond acceptors (Lipinski definition) is 4. The van der Waals surface area contributed by atoms with Gasteiger partial charge in [-0.05, 0) is 43.5 Å². The summed E-state index contributed by atoms with van der Waals surface area (Å²) in [5.41, 5.74) is 2.57. The zero-order valence-electron chi connectivity index (χ0n) is 16.1. The van der Waals surface area contributed by atoms with E-state index in [-0.39, 0.29) is 8.41 Å². The number of para-hydroxylation sites is 1. The lowest BCUT2D eigenvalue weighted by Crippen LogP contribution is -2.45. The van der Waals surface area contributed by atoms with Crippen LogP contribution in [-0.2, 0) is 6.54 Å². The van der Waals surface area contributed by atoms with Gasteiger partial charge in [-0.15, -0.1) is 0 Å². The summed E-state index contributed by atoms with van der Waals surface area (Å²) in [5.74, 6) is 0.954. The first kappa shape index (κ1) is 22.6. The van der Waals surface area contributed by atoms with Crippen LogP contribution in [0, 0.1) is 0 Å². The Morgan fingerprint density at radius 3 is 2.42 bits per heavy atom. The van der Waals surface area contributed by atoms with Gasteiger partial charge in [0.1, 0.15) is 5.75 Å². The van der Waals surface area contributed by atoms with Crippen molar-refractivity contribution in [2.75, 3.05) is 26.2 Å². The highest BCUT2D eigenvalue weighted by molar-refractivity contribution is 7.97. The average molecular weight is 369 g/mol. The van der Waals surface area contributed by atoms with E-state index in [0.29, 0.717) is 12.1 Å². The summed E-state index contributed by atoms with van der Waals surface area (Å²) in [7, 11) is 1.73. The van der Waals surface area contributed by atoms with Crippen LogP contribution >= 0.6 is 11.8 Å². The molecule has 3 radical (unpaired) electrons. The molecule has 5 heteroatoms. The van der Waals surface area contributed by atoms with Gasteiger partial charge in [-0.3, -0.25) is 0 Å². The molecule has 0 spiro atoms. The number of methoxy groups -OCH3 is 1. The number of ether oxygens (including phenoxy) is 1. The smallest absolute Gasteiger partial charge is 0.123 e. The molecule has 2 aromatic carbocycles. The van der Waals surface area contributed by atoms with E-state index in [1.165, 1.54) is 24.0 Å². The second-order valence-electron chi connectivity index (χ2n) is 6.19. The summed E-state index contributed by atoms with van der Waals surface area (Å²) in [6.07, 6.45) is 6.49. The van der Waals surface area contributed by atoms with Gasteiger partial charge in [-0.25, -0.2) is 0 Å². The highest BCUT2D eigenvalue weighted by atomic mass is 32.2. The first-order valence-corrected chi connectivity index (χ1v) is 10.5. The van der Waals surface area contributed by atoms with Gasteiger partial charge in [0.15, 0.2) is 0 Å². The molecule has 2 atom stereocenters. The standard InChI is InChI=1S/C19H24N2O.C2H6S.B/c1-22-18-12-6-5-10-16(18)14-21-17-11-7-13-20-19(17)15-8-3-2-4-9-15;1-3-2;/h2-6,8-10,12,17,19-21H,7,11,13-14H2,1H3;1-2H3;/t17-,19-;;/m0../s1. The lowest BCUT2D eigenvalue weighted by molar-refractivity contribution is 0.303. The van der Waals surface area contributed by atoms with E-state index in [0.717, 1.165) is 18.8 Å². The Kier molecular flexibility index (Phi) is 11.2. The van der Waals surface area contributed by atoms with E-state index in [2.05, 4.69) is 53.1 Å². The van der Waals surface area contributed by atoms with Crippen molar-refractivity contribution < 1.29 is 4.74 Å². The summed E-state index contributed by atoms with van der Waals surface area (Å²) < 4.78 is 5.44. The van der Waals surface area contributed by atoms with Crippen LogP contribution in [0.1, 0.15) is 30.0 Å². The fourth-order valence-corrected chi connectivity index (χ4v) is 3.21. The van der Waals surface area contributed by atoms with Crippen LogP contribution < -0.4 is 15.4 Å². The Labute approximate surface area is 164 Å². The fraction of sp³-hybridized carbons (Fsp3) is 0.429. The molecule has 139 valence electrons. The molecule has 0 bridgehead atoms. The molecule has 1 saturated heterocycles. The Hall–Kier alpha value is -1.43. The first-order chi connectivity index (χ1) is 12.3. The molecule has 3 rings (SSSR count). The summed E-state index contributed by atoms with van der Waals surface area (Å²) >= 11 is 1.75. The molecule has 0 aliphatic carbocycles. The van der Waals surface area contributed by atoms with Crippen LogP contribution in [-0.4, -0.2) is 40.6 Å². The third kappa shape index (κ3) is 6.71. The molecule has 2 aromatic rings. The van der Waals surface area contributed by atoms with Crippen molar-refractivity contribution in [1.29, 1.82) is 0 Å². The van der Waals surface area contributed by atoms with Crippen molar-refractivity contribution in [3.63, 3.8) is 0 Å². The Balaban J connectivity index is 0.000000791. The third-order valence-corrected chi connectivity index (χ3v) is 4.36. The number of thioether (sulfide) groups is 1. The lowest BCUT2D eigenvalue weighted by atomic mass is 9.92. The zero-order chi connectivity index (χ0) is 17.9. The maximum absolute atomic E-state index is 5.44. The molecule has 0 aromatic heterocycles. The SMILES string of the molecule is COc1ccccc1CN[C@H]1CCCN[C@H]1c1ccccc1.CSC.[B]. The molecule has 0 amide bonds. The second-order valence-corrected chi connectivity index (χ2v) is 7.01. The maximum atomic E-state index is 5.44. The van der Waals surface area contributed by atoms with Crippen molar-refractivity contribution in [2.24, 2.45) is 0 Å². The van der Waals surface area contributed by atoms with Crippen LogP contribution in [0.5, 0.6) is 5.75 Å². The fourth-order valence-electron chi connectivity index (χ4n) is 3.21. The van der Waals surface area contributed by atoms with Crippen LogP contribution in [0.4, 0.5) is 0 Å². The van der Waals surface area contributed by atoms with Crippen molar-refractivity contribution in [1.82, 2.24) is 10.6 Å². The van der Waals surface area contributed by atoms with Crippen LogP contribution in [0.2, 0.25) is 0 Å². The highest BCUT2D eigenvalue weighted by Crippen LogP contribution is 2.25. The number of piperidine rings is 1. The molecule has 1 aliphatic rings. The minimum absolute atomic E-state index is 0. The molecule has 1 aliphatic heterocycles. The van der Waals surface area contributed by atoms with E-state index < -0.39 is 0 Å². The summed E-state index contributed by atoms with van der Waals surface area (Å²) in [6.45, 7) is 1.92. The van der Waals surface area contributed by atoms with Gasteiger partial charge in [0.25, 0.3) is 0 Å².